The van der Waals surface area contributed by atoms with Crippen molar-refractivity contribution < 1.29 is 4.92 Å². The molecule has 2 heterocycles. The van der Waals surface area contributed by atoms with Crippen LogP contribution in [0.25, 0.3) is 0 Å². The van der Waals surface area contributed by atoms with Crippen molar-refractivity contribution in [3.63, 3.8) is 0 Å². The molecule has 1 aliphatic rings. The third-order valence-electron chi connectivity index (χ3n) is 3.81. The van der Waals surface area contributed by atoms with E-state index >= 15 is 0 Å². The van der Waals surface area contributed by atoms with Crippen LogP contribution in [-0.2, 0) is 0 Å². The average Bonchev–Trinajstić information content (AvgIpc) is 2.46. The highest BCUT2D eigenvalue weighted by atomic mass is 16.6. The first-order chi connectivity index (χ1) is 9.61. The van der Waals surface area contributed by atoms with Gasteiger partial charge in [-0.3, -0.25) is 10.1 Å². The third-order valence-corrected chi connectivity index (χ3v) is 3.81. The summed E-state index contributed by atoms with van der Waals surface area (Å²) in [6.07, 6.45) is 3.80. The topological polar surface area (TPSA) is 71.3 Å². The first-order valence-electron chi connectivity index (χ1n) is 7.18. The number of anilines is 1. The Bertz CT molecular complexity index is 472. The van der Waals surface area contributed by atoms with Crippen molar-refractivity contribution in [1.29, 1.82) is 0 Å². The molecule has 1 unspecified atom stereocenters. The van der Waals surface area contributed by atoms with Gasteiger partial charge in [0.15, 0.2) is 0 Å². The molecule has 0 aromatic carbocycles. The van der Waals surface area contributed by atoms with Crippen molar-refractivity contribution in [2.75, 3.05) is 31.1 Å². The monoisotopic (exact) mass is 278 g/mol. The number of aryl methyl sites for hydroxylation is 1. The second-order valence-corrected chi connectivity index (χ2v) is 5.34. The van der Waals surface area contributed by atoms with E-state index in [0.717, 1.165) is 37.6 Å². The summed E-state index contributed by atoms with van der Waals surface area (Å²) >= 11 is 0. The summed E-state index contributed by atoms with van der Waals surface area (Å²) in [5.41, 5.74) is 0.923. The smallest absolute Gasteiger partial charge is 0.287 e. The molecule has 1 fully saturated rings. The molecule has 1 aromatic heterocycles. The number of nitrogens with zero attached hydrogens (tertiary/aromatic N) is 3. The van der Waals surface area contributed by atoms with Gasteiger partial charge in [-0.1, -0.05) is 0 Å². The minimum absolute atomic E-state index is 0.0571. The molecule has 2 rings (SSSR count). The van der Waals surface area contributed by atoms with Crippen LogP contribution in [-0.4, -0.2) is 36.1 Å². The van der Waals surface area contributed by atoms with E-state index in [4.69, 9.17) is 0 Å². The Morgan fingerprint density at radius 3 is 2.95 bits per heavy atom. The molecule has 6 heteroatoms. The van der Waals surface area contributed by atoms with Crippen LogP contribution < -0.4 is 10.2 Å². The lowest BCUT2D eigenvalue weighted by Gasteiger charge is -2.30. The number of hydrogen-bond acceptors (Lipinski definition) is 5. The van der Waals surface area contributed by atoms with Gasteiger partial charge >= 0.3 is 0 Å². The summed E-state index contributed by atoms with van der Waals surface area (Å²) in [5.74, 6) is 1.49. The minimum atomic E-state index is -0.398. The fourth-order valence-electron chi connectivity index (χ4n) is 2.74. The van der Waals surface area contributed by atoms with Crippen LogP contribution in [0.3, 0.4) is 0 Å². The van der Waals surface area contributed by atoms with Gasteiger partial charge in [0.25, 0.3) is 5.69 Å². The summed E-state index contributed by atoms with van der Waals surface area (Å²) in [7, 11) is 0. The fraction of sp³-hybridized carbons (Fsp3) is 0.643. The molecule has 0 saturated carbocycles. The lowest BCUT2D eigenvalue weighted by molar-refractivity contribution is -0.385. The molecule has 0 aliphatic carbocycles. The van der Waals surface area contributed by atoms with Gasteiger partial charge in [-0.05, 0) is 51.3 Å². The van der Waals surface area contributed by atoms with E-state index in [-0.39, 0.29) is 5.69 Å². The van der Waals surface area contributed by atoms with Crippen molar-refractivity contribution in [3.05, 3.63) is 27.9 Å². The van der Waals surface area contributed by atoms with Gasteiger partial charge < -0.3 is 10.2 Å². The minimum Gasteiger partial charge on any atom is -0.356 e. The normalized spacial score (nSPS) is 18.8. The molecule has 0 bridgehead atoms. The molecule has 0 radical (unpaired) electrons. The molecule has 6 nitrogen and oxygen atoms in total. The van der Waals surface area contributed by atoms with Crippen LogP contribution in [0.4, 0.5) is 11.5 Å². The van der Waals surface area contributed by atoms with E-state index in [1.54, 1.807) is 6.07 Å². The number of hydrogen-bond donors (Lipinski definition) is 1. The molecular formula is C14H22N4O2. The van der Waals surface area contributed by atoms with Crippen LogP contribution in [0.5, 0.6) is 0 Å². The number of nitro groups is 1. The van der Waals surface area contributed by atoms with Crippen molar-refractivity contribution in [2.24, 2.45) is 5.92 Å². The molecular weight excluding hydrogens is 256 g/mol. The highest BCUT2D eigenvalue weighted by molar-refractivity contribution is 5.50. The van der Waals surface area contributed by atoms with Crippen molar-refractivity contribution >= 4 is 11.5 Å². The summed E-state index contributed by atoms with van der Waals surface area (Å²) in [6, 6.07) is 1.60. The van der Waals surface area contributed by atoms with Crippen LogP contribution in [0, 0.1) is 23.0 Å². The van der Waals surface area contributed by atoms with E-state index in [9.17, 15) is 10.1 Å². The number of aromatic nitrogens is 1. The van der Waals surface area contributed by atoms with Gasteiger partial charge in [0.05, 0.1) is 4.92 Å². The predicted octanol–water partition coefficient (Wildman–Crippen LogP) is 2.12. The molecule has 1 aliphatic heterocycles. The van der Waals surface area contributed by atoms with E-state index in [1.807, 2.05) is 6.92 Å². The summed E-state index contributed by atoms with van der Waals surface area (Å²) in [6.45, 7) is 7.95. The Kier molecular flexibility index (Phi) is 4.89. The van der Waals surface area contributed by atoms with Crippen molar-refractivity contribution in [3.8, 4) is 0 Å². The van der Waals surface area contributed by atoms with Gasteiger partial charge in [-0.15, -0.1) is 0 Å². The summed E-state index contributed by atoms with van der Waals surface area (Å²) < 4.78 is 0. The summed E-state index contributed by atoms with van der Waals surface area (Å²) in [5, 5.41) is 14.2. The molecule has 1 atom stereocenters. The van der Waals surface area contributed by atoms with Gasteiger partial charge in [0.2, 0.25) is 0 Å². The molecule has 0 amide bonds. The highest BCUT2D eigenvalue weighted by Gasteiger charge is 2.19. The fourth-order valence-corrected chi connectivity index (χ4v) is 2.74. The maximum Gasteiger partial charge on any atom is 0.287 e. The molecule has 20 heavy (non-hydrogen) atoms. The van der Waals surface area contributed by atoms with E-state index in [1.165, 1.54) is 19.0 Å². The average molecular weight is 278 g/mol. The largest absolute Gasteiger partial charge is 0.356 e. The van der Waals surface area contributed by atoms with Crippen molar-refractivity contribution in [1.82, 2.24) is 10.3 Å². The standard InChI is InChI=1S/C14H22N4O2/c1-3-17(10-12-5-4-6-15-8-12)14-11(2)7-13(9-16-14)18(19)20/h7,9,12,15H,3-6,8,10H2,1-2H3. The quantitative estimate of drug-likeness (QED) is 0.660. The van der Waals surface area contributed by atoms with E-state index < -0.39 is 4.92 Å². The second kappa shape index (κ2) is 6.65. The zero-order chi connectivity index (χ0) is 14.5. The lowest BCUT2D eigenvalue weighted by atomic mass is 9.99. The molecule has 1 aromatic rings. The van der Waals surface area contributed by atoms with Crippen LogP contribution in [0.2, 0.25) is 0 Å². The van der Waals surface area contributed by atoms with Gasteiger partial charge in [0, 0.05) is 19.2 Å². The van der Waals surface area contributed by atoms with Gasteiger partial charge in [-0.25, -0.2) is 4.98 Å². The Morgan fingerprint density at radius 1 is 1.60 bits per heavy atom. The number of piperidine rings is 1. The van der Waals surface area contributed by atoms with Crippen LogP contribution in [0.15, 0.2) is 12.3 Å². The Morgan fingerprint density at radius 2 is 2.40 bits per heavy atom. The predicted molar refractivity (Wildman–Crippen MR) is 79.1 cm³/mol. The van der Waals surface area contributed by atoms with Crippen LogP contribution in [0.1, 0.15) is 25.3 Å². The molecule has 1 N–H and O–H groups in total. The number of rotatable bonds is 5. The maximum atomic E-state index is 10.8. The summed E-state index contributed by atoms with van der Waals surface area (Å²) in [4.78, 5) is 16.9. The zero-order valence-corrected chi connectivity index (χ0v) is 12.1. The SMILES string of the molecule is CCN(CC1CCCNC1)c1ncc([N+](=O)[O-])cc1C. The van der Waals surface area contributed by atoms with Crippen LogP contribution >= 0.6 is 0 Å². The van der Waals surface area contributed by atoms with Gasteiger partial charge in [0.1, 0.15) is 12.0 Å². The first-order valence-corrected chi connectivity index (χ1v) is 7.18. The Balaban J connectivity index is 2.12. The highest BCUT2D eigenvalue weighted by Crippen LogP contribution is 2.23. The molecule has 1 saturated heterocycles. The van der Waals surface area contributed by atoms with Crippen molar-refractivity contribution in [2.45, 2.75) is 26.7 Å². The Hall–Kier alpha value is -1.69. The van der Waals surface area contributed by atoms with E-state index in [0.29, 0.717) is 5.92 Å². The maximum absolute atomic E-state index is 10.8. The number of pyridine rings is 1. The second-order valence-electron chi connectivity index (χ2n) is 5.34. The lowest BCUT2D eigenvalue weighted by Crippen LogP contribution is -2.38. The third kappa shape index (κ3) is 3.45. The molecule has 0 spiro atoms. The Labute approximate surface area is 119 Å². The van der Waals surface area contributed by atoms with Gasteiger partial charge in [-0.2, -0.15) is 0 Å². The zero-order valence-electron chi connectivity index (χ0n) is 12.1. The number of nitrogens with one attached hydrogen (secondary N) is 1. The molecule has 110 valence electrons. The first kappa shape index (κ1) is 14.7. The van der Waals surface area contributed by atoms with E-state index in [2.05, 4.69) is 22.1 Å².